The Bertz CT molecular complexity index is 328. The molecule has 0 bridgehead atoms. The molecule has 2 heterocycles. The van der Waals surface area contributed by atoms with Crippen LogP contribution in [0.2, 0.25) is 0 Å². The molecule has 2 atom stereocenters. The van der Waals surface area contributed by atoms with Gasteiger partial charge in [-0.2, -0.15) is 4.98 Å². The molecular weight excluding hydrogens is 228 g/mol. The second-order valence-electron chi connectivity index (χ2n) is 5.21. The average Bonchev–Trinajstić information content (AvgIpc) is 2.88. The number of nitrogens with one attached hydrogen (secondary N) is 1. The van der Waals surface area contributed by atoms with Crippen LogP contribution in [-0.2, 0) is 6.42 Å². The number of rotatable bonds is 6. The normalized spacial score (nSPS) is 25.4. The SMILES string of the molecule is CCCNC1CCN(CCc2ncno2)CC1C. The number of piperidine rings is 1. The Balaban J connectivity index is 1.70. The molecule has 0 amide bonds. The number of nitrogens with zero attached hydrogens (tertiary/aromatic N) is 3. The number of hydrogen-bond donors (Lipinski definition) is 1. The summed E-state index contributed by atoms with van der Waals surface area (Å²) in [5.74, 6) is 1.46. The average molecular weight is 252 g/mol. The van der Waals surface area contributed by atoms with E-state index in [0.29, 0.717) is 12.0 Å². The zero-order valence-electron chi connectivity index (χ0n) is 11.4. The third-order valence-corrected chi connectivity index (χ3v) is 3.69. The summed E-state index contributed by atoms with van der Waals surface area (Å²) in [6.45, 7) is 9.04. The first kappa shape index (κ1) is 13.5. The van der Waals surface area contributed by atoms with E-state index in [4.69, 9.17) is 4.52 Å². The molecule has 102 valence electrons. The maximum Gasteiger partial charge on any atom is 0.227 e. The molecule has 0 saturated carbocycles. The van der Waals surface area contributed by atoms with E-state index in [-0.39, 0.29) is 0 Å². The van der Waals surface area contributed by atoms with E-state index in [9.17, 15) is 0 Å². The lowest BCUT2D eigenvalue weighted by Gasteiger charge is -2.37. The Labute approximate surface area is 109 Å². The third-order valence-electron chi connectivity index (χ3n) is 3.69. The van der Waals surface area contributed by atoms with Crippen molar-refractivity contribution in [2.45, 2.75) is 39.2 Å². The molecule has 2 unspecified atom stereocenters. The van der Waals surface area contributed by atoms with E-state index in [2.05, 4.69) is 34.2 Å². The van der Waals surface area contributed by atoms with Crippen LogP contribution in [0.4, 0.5) is 0 Å². The fourth-order valence-electron chi connectivity index (χ4n) is 2.63. The van der Waals surface area contributed by atoms with Crippen LogP contribution in [0.15, 0.2) is 10.9 Å². The van der Waals surface area contributed by atoms with E-state index in [1.165, 1.54) is 25.7 Å². The van der Waals surface area contributed by atoms with Crippen molar-refractivity contribution in [3.8, 4) is 0 Å². The second-order valence-corrected chi connectivity index (χ2v) is 5.21. The molecule has 1 N–H and O–H groups in total. The van der Waals surface area contributed by atoms with Crippen molar-refractivity contribution in [2.24, 2.45) is 5.92 Å². The van der Waals surface area contributed by atoms with Crippen molar-refractivity contribution in [3.05, 3.63) is 12.2 Å². The van der Waals surface area contributed by atoms with Crippen LogP contribution in [0.25, 0.3) is 0 Å². The molecule has 0 aliphatic carbocycles. The topological polar surface area (TPSA) is 54.2 Å². The molecule has 18 heavy (non-hydrogen) atoms. The predicted molar refractivity (Wildman–Crippen MR) is 70.3 cm³/mol. The summed E-state index contributed by atoms with van der Waals surface area (Å²) in [7, 11) is 0. The smallest absolute Gasteiger partial charge is 0.227 e. The molecule has 0 spiro atoms. The minimum Gasteiger partial charge on any atom is -0.340 e. The highest BCUT2D eigenvalue weighted by Gasteiger charge is 2.25. The van der Waals surface area contributed by atoms with Crippen LogP contribution in [0.3, 0.4) is 0 Å². The molecule has 2 rings (SSSR count). The third kappa shape index (κ3) is 3.78. The summed E-state index contributed by atoms with van der Waals surface area (Å²) in [4.78, 5) is 6.56. The zero-order valence-corrected chi connectivity index (χ0v) is 11.4. The van der Waals surface area contributed by atoms with E-state index in [1.54, 1.807) is 0 Å². The number of likely N-dealkylation sites (tertiary alicyclic amines) is 1. The van der Waals surface area contributed by atoms with Crippen LogP contribution >= 0.6 is 0 Å². The minimum atomic E-state index is 0.685. The first-order valence-electron chi connectivity index (χ1n) is 7.01. The molecule has 0 radical (unpaired) electrons. The highest BCUT2D eigenvalue weighted by atomic mass is 16.5. The zero-order chi connectivity index (χ0) is 12.8. The van der Waals surface area contributed by atoms with Crippen LogP contribution in [-0.4, -0.2) is 47.3 Å². The van der Waals surface area contributed by atoms with Gasteiger partial charge in [0.2, 0.25) is 5.89 Å². The summed E-state index contributed by atoms with van der Waals surface area (Å²) < 4.78 is 5.03. The van der Waals surface area contributed by atoms with Gasteiger partial charge in [0, 0.05) is 25.6 Å². The van der Waals surface area contributed by atoms with Crippen molar-refractivity contribution >= 4 is 0 Å². The molecule has 1 fully saturated rings. The molecule has 1 aliphatic rings. The Kier molecular flexibility index (Phi) is 5.13. The van der Waals surface area contributed by atoms with E-state index in [1.807, 2.05) is 0 Å². The first-order chi connectivity index (χ1) is 8.79. The molecule has 1 aromatic heterocycles. The van der Waals surface area contributed by atoms with Gasteiger partial charge < -0.3 is 14.7 Å². The lowest BCUT2D eigenvalue weighted by atomic mass is 9.93. The Morgan fingerprint density at radius 3 is 3.11 bits per heavy atom. The van der Waals surface area contributed by atoms with Gasteiger partial charge in [0.05, 0.1) is 0 Å². The van der Waals surface area contributed by atoms with Crippen LogP contribution in [0.1, 0.15) is 32.6 Å². The van der Waals surface area contributed by atoms with Crippen molar-refractivity contribution in [2.75, 3.05) is 26.2 Å². The maximum atomic E-state index is 5.03. The lowest BCUT2D eigenvalue weighted by molar-refractivity contribution is 0.146. The van der Waals surface area contributed by atoms with E-state index < -0.39 is 0 Å². The van der Waals surface area contributed by atoms with Gasteiger partial charge in [-0.1, -0.05) is 19.0 Å². The van der Waals surface area contributed by atoms with Crippen molar-refractivity contribution in [1.29, 1.82) is 0 Å². The van der Waals surface area contributed by atoms with Gasteiger partial charge in [-0.15, -0.1) is 0 Å². The summed E-state index contributed by atoms with van der Waals surface area (Å²) >= 11 is 0. The maximum absolute atomic E-state index is 5.03. The highest BCUT2D eigenvalue weighted by Crippen LogP contribution is 2.17. The van der Waals surface area contributed by atoms with Gasteiger partial charge in [0.1, 0.15) is 0 Å². The quantitative estimate of drug-likeness (QED) is 0.827. The summed E-state index contributed by atoms with van der Waals surface area (Å²) in [6, 6.07) is 0.685. The van der Waals surface area contributed by atoms with Crippen molar-refractivity contribution < 1.29 is 4.52 Å². The Morgan fingerprint density at radius 1 is 1.56 bits per heavy atom. The fraction of sp³-hybridized carbons (Fsp3) is 0.846. The summed E-state index contributed by atoms with van der Waals surface area (Å²) in [5.41, 5.74) is 0. The molecule has 5 heteroatoms. The number of aromatic nitrogens is 2. The second kappa shape index (κ2) is 6.85. The highest BCUT2D eigenvalue weighted by molar-refractivity contribution is 4.84. The molecule has 1 saturated heterocycles. The standard InChI is InChI=1S/C13H24N4O/c1-3-6-14-12-4-7-17(9-11(12)2)8-5-13-15-10-16-18-13/h10-12,14H,3-9H2,1-2H3. The monoisotopic (exact) mass is 252 g/mol. The Hall–Kier alpha value is -0.940. The van der Waals surface area contributed by atoms with Gasteiger partial charge >= 0.3 is 0 Å². The van der Waals surface area contributed by atoms with Crippen LogP contribution in [0, 0.1) is 5.92 Å². The summed E-state index contributed by atoms with van der Waals surface area (Å²) in [6.07, 6.45) is 4.79. The number of hydrogen-bond acceptors (Lipinski definition) is 5. The minimum absolute atomic E-state index is 0.685. The molecule has 1 aromatic rings. The predicted octanol–water partition coefficient (Wildman–Crippen LogP) is 1.32. The molecule has 5 nitrogen and oxygen atoms in total. The van der Waals surface area contributed by atoms with Crippen molar-refractivity contribution in [3.63, 3.8) is 0 Å². The molecule has 1 aliphatic heterocycles. The van der Waals surface area contributed by atoms with Crippen LogP contribution in [0.5, 0.6) is 0 Å². The first-order valence-corrected chi connectivity index (χ1v) is 7.01. The fourth-order valence-corrected chi connectivity index (χ4v) is 2.63. The van der Waals surface area contributed by atoms with E-state index >= 15 is 0 Å². The van der Waals surface area contributed by atoms with Gasteiger partial charge in [-0.05, 0) is 31.8 Å². The van der Waals surface area contributed by atoms with E-state index in [0.717, 1.165) is 31.9 Å². The van der Waals surface area contributed by atoms with Gasteiger partial charge in [-0.25, -0.2) is 0 Å². The van der Waals surface area contributed by atoms with Gasteiger partial charge in [0.15, 0.2) is 6.33 Å². The molecular formula is C13H24N4O. The largest absolute Gasteiger partial charge is 0.340 e. The lowest BCUT2D eigenvalue weighted by Crippen LogP contribution is -2.48. The van der Waals surface area contributed by atoms with Gasteiger partial charge in [-0.3, -0.25) is 0 Å². The molecule has 0 aromatic carbocycles. The van der Waals surface area contributed by atoms with Crippen LogP contribution < -0.4 is 5.32 Å². The van der Waals surface area contributed by atoms with Crippen molar-refractivity contribution in [1.82, 2.24) is 20.4 Å². The van der Waals surface area contributed by atoms with Gasteiger partial charge in [0.25, 0.3) is 0 Å². The Morgan fingerprint density at radius 2 is 2.44 bits per heavy atom. The summed E-state index contributed by atoms with van der Waals surface area (Å²) in [5, 5.41) is 7.28.